The van der Waals surface area contributed by atoms with Gasteiger partial charge in [-0.15, -0.1) is 0 Å². The molecule has 0 radical (unpaired) electrons. The third-order valence-corrected chi connectivity index (χ3v) is 1.98. The number of carbonyl (C=O) groups excluding carboxylic acids is 1. The molecule has 4 heteroatoms. The van der Waals surface area contributed by atoms with Crippen LogP contribution < -0.4 is 0 Å². The van der Waals surface area contributed by atoms with E-state index in [1.54, 1.807) is 6.20 Å². The minimum atomic E-state index is -0.278. The quantitative estimate of drug-likeness (QED) is 0.728. The minimum Gasteiger partial charge on any atom is -0.469 e. The number of nitrogens with one attached hydrogen (secondary N) is 1. The molecule has 0 aliphatic carbocycles. The van der Waals surface area contributed by atoms with Crippen LogP contribution in [0.5, 0.6) is 0 Å². The van der Waals surface area contributed by atoms with Gasteiger partial charge in [-0.2, -0.15) is 0 Å². The van der Waals surface area contributed by atoms with Crippen molar-refractivity contribution in [3.05, 3.63) is 17.7 Å². The average molecular weight is 196 g/mol. The number of aromatic nitrogens is 2. The zero-order chi connectivity index (χ0) is 10.8. The Labute approximate surface area is 83.7 Å². The van der Waals surface area contributed by atoms with E-state index in [-0.39, 0.29) is 17.8 Å². The minimum absolute atomic E-state index is 0.0291. The van der Waals surface area contributed by atoms with Crippen LogP contribution >= 0.6 is 0 Å². The van der Waals surface area contributed by atoms with E-state index in [0.717, 1.165) is 5.69 Å². The van der Waals surface area contributed by atoms with Crippen molar-refractivity contribution in [2.45, 2.75) is 32.6 Å². The molecule has 0 spiro atoms. The molecule has 1 aromatic rings. The molecule has 0 atom stereocenters. The number of nitrogens with zero attached hydrogens (tertiary/aromatic N) is 1. The zero-order valence-electron chi connectivity index (χ0n) is 9.05. The summed E-state index contributed by atoms with van der Waals surface area (Å²) in [6, 6.07) is 0. The highest BCUT2D eigenvalue weighted by molar-refractivity contribution is 5.71. The highest BCUT2D eigenvalue weighted by atomic mass is 16.5. The van der Waals surface area contributed by atoms with Gasteiger partial charge < -0.3 is 9.72 Å². The molecular weight excluding hydrogens is 180 g/mol. The monoisotopic (exact) mass is 196 g/mol. The summed E-state index contributed by atoms with van der Waals surface area (Å²) in [5, 5.41) is 0. The van der Waals surface area contributed by atoms with Crippen molar-refractivity contribution in [1.29, 1.82) is 0 Å². The summed E-state index contributed by atoms with van der Waals surface area (Å²) < 4.78 is 4.55. The number of methoxy groups -OCH3 is 1. The molecule has 0 saturated carbocycles. The summed E-state index contributed by atoms with van der Waals surface area (Å²) in [4.78, 5) is 18.2. The van der Waals surface area contributed by atoms with Crippen molar-refractivity contribution in [2.75, 3.05) is 7.11 Å². The molecule has 0 amide bonds. The molecule has 0 saturated heterocycles. The standard InChI is InChI=1S/C10H16N2O2/c1-10(2,3)7-6-11-8(12-7)5-9(13)14-4/h6H,5H2,1-4H3,(H,11,12). The summed E-state index contributed by atoms with van der Waals surface area (Å²) >= 11 is 0. The molecule has 14 heavy (non-hydrogen) atoms. The van der Waals surface area contributed by atoms with Crippen molar-refractivity contribution in [3.63, 3.8) is 0 Å². The molecule has 1 N–H and O–H groups in total. The summed E-state index contributed by atoms with van der Waals surface area (Å²) in [5.41, 5.74) is 1.05. The molecule has 0 unspecified atom stereocenters. The number of imidazole rings is 1. The lowest BCUT2D eigenvalue weighted by Gasteiger charge is -2.14. The Kier molecular flexibility index (Phi) is 2.93. The predicted octanol–water partition coefficient (Wildman–Crippen LogP) is 1.42. The molecule has 0 aliphatic heterocycles. The fourth-order valence-electron chi connectivity index (χ4n) is 1.04. The molecule has 1 heterocycles. The SMILES string of the molecule is COC(=O)Cc1ncc(C(C)(C)C)[nH]1. The fourth-order valence-corrected chi connectivity index (χ4v) is 1.04. The smallest absolute Gasteiger partial charge is 0.313 e. The Morgan fingerprint density at radius 1 is 1.57 bits per heavy atom. The van der Waals surface area contributed by atoms with Gasteiger partial charge in [-0.25, -0.2) is 4.98 Å². The van der Waals surface area contributed by atoms with Gasteiger partial charge in [0.05, 0.1) is 7.11 Å². The topological polar surface area (TPSA) is 55.0 Å². The number of hydrogen-bond acceptors (Lipinski definition) is 3. The second-order valence-electron chi connectivity index (χ2n) is 4.25. The molecule has 4 nitrogen and oxygen atoms in total. The van der Waals surface area contributed by atoms with Crippen molar-refractivity contribution in [3.8, 4) is 0 Å². The van der Waals surface area contributed by atoms with Gasteiger partial charge in [0.15, 0.2) is 0 Å². The van der Waals surface area contributed by atoms with E-state index in [1.807, 2.05) is 0 Å². The Hall–Kier alpha value is -1.32. The fraction of sp³-hybridized carbons (Fsp3) is 0.600. The van der Waals surface area contributed by atoms with Crippen molar-refractivity contribution in [2.24, 2.45) is 0 Å². The number of aromatic amines is 1. The van der Waals surface area contributed by atoms with Crippen molar-refractivity contribution < 1.29 is 9.53 Å². The highest BCUT2D eigenvalue weighted by Crippen LogP contribution is 2.19. The van der Waals surface area contributed by atoms with E-state index in [1.165, 1.54) is 7.11 Å². The second-order valence-corrected chi connectivity index (χ2v) is 4.25. The Bertz CT molecular complexity index is 323. The summed E-state index contributed by atoms with van der Waals surface area (Å²) in [6.07, 6.45) is 1.96. The molecular formula is C10H16N2O2. The normalized spacial score (nSPS) is 11.4. The van der Waals surface area contributed by atoms with E-state index in [2.05, 4.69) is 35.5 Å². The van der Waals surface area contributed by atoms with Crippen LogP contribution in [0.3, 0.4) is 0 Å². The van der Waals surface area contributed by atoms with Crippen LogP contribution in [0.4, 0.5) is 0 Å². The Balaban J connectivity index is 2.74. The number of esters is 1. The average Bonchev–Trinajstić information content (AvgIpc) is 2.51. The van der Waals surface area contributed by atoms with Gasteiger partial charge in [0.25, 0.3) is 0 Å². The number of ether oxygens (including phenoxy) is 1. The zero-order valence-corrected chi connectivity index (χ0v) is 9.05. The maximum atomic E-state index is 11.0. The molecule has 1 rings (SSSR count). The highest BCUT2D eigenvalue weighted by Gasteiger charge is 2.17. The van der Waals surface area contributed by atoms with Gasteiger partial charge in [0.1, 0.15) is 12.2 Å². The van der Waals surface area contributed by atoms with Gasteiger partial charge in [0, 0.05) is 17.3 Å². The first-order valence-corrected chi connectivity index (χ1v) is 4.54. The van der Waals surface area contributed by atoms with E-state index in [9.17, 15) is 4.79 Å². The third-order valence-electron chi connectivity index (χ3n) is 1.98. The molecule has 78 valence electrons. The lowest BCUT2D eigenvalue weighted by Crippen LogP contribution is -2.12. The van der Waals surface area contributed by atoms with Crippen LogP contribution in [0, 0.1) is 0 Å². The van der Waals surface area contributed by atoms with Gasteiger partial charge in [-0.05, 0) is 0 Å². The van der Waals surface area contributed by atoms with E-state index < -0.39 is 0 Å². The first kappa shape index (κ1) is 10.8. The number of rotatable bonds is 2. The van der Waals surface area contributed by atoms with Gasteiger partial charge in [-0.1, -0.05) is 20.8 Å². The van der Waals surface area contributed by atoms with Crippen LogP contribution in [-0.2, 0) is 21.4 Å². The largest absolute Gasteiger partial charge is 0.469 e. The first-order valence-electron chi connectivity index (χ1n) is 4.54. The summed E-state index contributed by atoms with van der Waals surface area (Å²) in [5.74, 6) is 0.376. The van der Waals surface area contributed by atoms with Crippen LogP contribution in [-0.4, -0.2) is 23.0 Å². The van der Waals surface area contributed by atoms with Crippen LogP contribution in [0.15, 0.2) is 6.20 Å². The van der Waals surface area contributed by atoms with Crippen molar-refractivity contribution >= 4 is 5.97 Å². The molecule has 0 aliphatic rings. The number of carbonyl (C=O) groups is 1. The maximum Gasteiger partial charge on any atom is 0.313 e. The van der Waals surface area contributed by atoms with Crippen LogP contribution in [0.2, 0.25) is 0 Å². The van der Waals surface area contributed by atoms with Crippen LogP contribution in [0.1, 0.15) is 32.3 Å². The van der Waals surface area contributed by atoms with Gasteiger partial charge >= 0.3 is 5.97 Å². The first-order chi connectivity index (χ1) is 6.43. The number of hydrogen-bond donors (Lipinski definition) is 1. The molecule has 0 aromatic carbocycles. The van der Waals surface area contributed by atoms with E-state index in [4.69, 9.17) is 0 Å². The molecule has 1 aromatic heterocycles. The van der Waals surface area contributed by atoms with E-state index >= 15 is 0 Å². The Morgan fingerprint density at radius 2 is 2.21 bits per heavy atom. The predicted molar refractivity (Wildman–Crippen MR) is 53.0 cm³/mol. The molecule has 0 fully saturated rings. The maximum absolute atomic E-state index is 11.0. The van der Waals surface area contributed by atoms with Crippen LogP contribution in [0.25, 0.3) is 0 Å². The van der Waals surface area contributed by atoms with Crippen molar-refractivity contribution in [1.82, 2.24) is 9.97 Å². The summed E-state index contributed by atoms with van der Waals surface area (Å²) in [6.45, 7) is 6.26. The second kappa shape index (κ2) is 3.82. The summed E-state index contributed by atoms with van der Waals surface area (Å²) in [7, 11) is 1.37. The van der Waals surface area contributed by atoms with Gasteiger partial charge in [0.2, 0.25) is 0 Å². The van der Waals surface area contributed by atoms with E-state index in [0.29, 0.717) is 5.82 Å². The number of H-pyrrole nitrogens is 1. The lowest BCUT2D eigenvalue weighted by molar-refractivity contribution is -0.139. The lowest BCUT2D eigenvalue weighted by atomic mass is 9.93. The third kappa shape index (κ3) is 2.58. The van der Waals surface area contributed by atoms with Gasteiger partial charge in [-0.3, -0.25) is 4.79 Å². The molecule has 0 bridgehead atoms. The Morgan fingerprint density at radius 3 is 2.64 bits per heavy atom.